The second-order valence-corrected chi connectivity index (χ2v) is 11.4. The molecule has 10 heteroatoms. The molecule has 1 aliphatic rings. The fraction of sp³-hybridized carbons (Fsp3) is 0.375. The number of piperidine rings is 1. The zero-order chi connectivity index (χ0) is 24.3. The first-order chi connectivity index (χ1) is 16.3. The highest BCUT2D eigenvalue weighted by molar-refractivity contribution is 8.00. The minimum atomic E-state index is -3.55. The van der Waals surface area contributed by atoms with E-state index in [0.29, 0.717) is 41.6 Å². The molecule has 2 aromatic carbocycles. The molecule has 1 aliphatic heterocycles. The average molecular weight is 498 g/mol. The van der Waals surface area contributed by atoms with E-state index in [-0.39, 0.29) is 10.8 Å². The molecule has 0 saturated carbocycles. The molecule has 1 saturated heterocycles. The Labute approximate surface area is 204 Å². The minimum Gasteiger partial charge on any atom is -0.325 e. The fourth-order valence-electron chi connectivity index (χ4n) is 3.98. The Hall–Kier alpha value is -2.87. The average Bonchev–Trinajstić information content (AvgIpc) is 3.21. The first-order valence-electron chi connectivity index (χ1n) is 11.3. The molecule has 0 spiro atoms. The number of benzene rings is 2. The molecule has 0 radical (unpaired) electrons. The van der Waals surface area contributed by atoms with Crippen molar-refractivity contribution < 1.29 is 13.2 Å². The van der Waals surface area contributed by atoms with Gasteiger partial charge in [0.1, 0.15) is 0 Å². The van der Waals surface area contributed by atoms with Gasteiger partial charge < -0.3 is 9.88 Å². The van der Waals surface area contributed by atoms with Crippen molar-refractivity contribution in [3.63, 3.8) is 0 Å². The predicted molar refractivity (Wildman–Crippen MR) is 133 cm³/mol. The number of aromatic nitrogens is 2. The largest absolute Gasteiger partial charge is 0.325 e. The van der Waals surface area contributed by atoms with E-state index < -0.39 is 15.3 Å². The van der Waals surface area contributed by atoms with E-state index in [4.69, 9.17) is 5.26 Å². The van der Waals surface area contributed by atoms with E-state index >= 15 is 0 Å². The minimum absolute atomic E-state index is 0.183. The Bertz CT molecular complexity index is 1340. The molecule has 178 valence electrons. The number of nitrogens with one attached hydrogen (secondary N) is 1. The normalized spacial score (nSPS) is 15.7. The van der Waals surface area contributed by atoms with E-state index in [1.807, 2.05) is 11.5 Å². The zero-order valence-corrected chi connectivity index (χ0v) is 20.8. The number of nitriles is 1. The molecule has 2 heterocycles. The summed E-state index contributed by atoms with van der Waals surface area (Å²) in [6, 6.07) is 13.8. The van der Waals surface area contributed by atoms with Gasteiger partial charge in [0, 0.05) is 25.3 Å². The molecule has 0 bridgehead atoms. The van der Waals surface area contributed by atoms with Gasteiger partial charge in [-0.3, -0.25) is 4.79 Å². The molecule has 1 N–H and O–H groups in total. The number of carbonyl (C=O) groups is 1. The maximum atomic E-state index is 13.1. The second-order valence-electron chi connectivity index (χ2n) is 8.19. The summed E-state index contributed by atoms with van der Waals surface area (Å²) < 4.78 is 29.7. The molecule has 1 amide bonds. The van der Waals surface area contributed by atoms with Gasteiger partial charge in [0.15, 0.2) is 5.16 Å². The van der Waals surface area contributed by atoms with Crippen LogP contribution in [0, 0.1) is 11.3 Å². The molecular formula is C24H27N5O3S2. The summed E-state index contributed by atoms with van der Waals surface area (Å²) in [7, 11) is -3.55. The number of anilines is 1. The molecule has 8 nitrogen and oxygen atoms in total. The standard InChI is InChI=1S/C24H27N5O3S2/c1-3-29-22-12-11-20(34(31,32)28-13-5-4-6-14-28)15-21(22)27-24(29)33-17(2)23(30)26-19-9-7-18(16-25)8-10-19/h7-12,15,17H,3-6,13-14H2,1-2H3,(H,26,30)/t17-/m1/s1. The fourth-order valence-corrected chi connectivity index (χ4v) is 6.51. The van der Waals surface area contributed by atoms with Crippen LogP contribution in [0.4, 0.5) is 5.69 Å². The smallest absolute Gasteiger partial charge is 0.243 e. The first kappa shape index (κ1) is 24.3. The molecule has 0 aliphatic carbocycles. The van der Waals surface area contributed by atoms with Crippen LogP contribution in [0.5, 0.6) is 0 Å². The number of aryl methyl sites for hydroxylation is 1. The van der Waals surface area contributed by atoms with E-state index in [9.17, 15) is 13.2 Å². The van der Waals surface area contributed by atoms with E-state index in [1.165, 1.54) is 11.8 Å². The second kappa shape index (κ2) is 10.2. The van der Waals surface area contributed by atoms with Gasteiger partial charge in [-0.15, -0.1) is 0 Å². The van der Waals surface area contributed by atoms with Crippen molar-refractivity contribution in [3.8, 4) is 6.07 Å². The lowest BCUT2D eigenvalue weighted by Gasteiger charge is -2.25. The van der Waals surface area contributed by atoms with Crippen LogP contribution in [-0.4, -0.2) is 46.5 Å². The Kier molecular flexibility index (Phi) is 7.26. The summed E-state index contributed by atoms with van der Waals surface area (Å²) in [4.78, 5) is 17.7. The lowest BCUT2D eigenvalue weighted by molar-refractivity contribution is -0.115. The van der Waals surface area contributed by atoms with Gasteiger partial charge in [-0.25, -0.2) is 13.4 Å². The number of fused-ring (bicyclic) bond motifs is 1. The van der Waals surface area contributed by atoms with Crippen LogP contribution in [0.2, 0.25) is 0 Å². The highest BCUT2D eigenvalue weighted by Gasteiger charge is 2.27. The van der Waals surface area contributed by atoms with Gasteiger partial charge in [-0.1, -0.05) is 18.2 Å². The number of amides is 1. The molecule has 0 unspecified atom stereocenters. The number of rotatable bonds is 7. The van der Waals surface area contributed by atoms with Crippen molar-refractivity contribution in [2.75, 3.05) is 18.4 Å². The van der Waals surface area contributed by atoms with Crippen molar-refractivity contribution >= 4 is 44.4 Å². The van der Waals surface area contributed by atoms with Crippen molar-refractivity contribution in [2.45, 2.75) is 55.0 Å². The number of imidazole rings is 1. The van der Waals surface area contributed by atoms with Gasteiger partial charge in [0.25, 0.3) is 0 Å². The number of thioether (sulfide) groups is 1. The Morgan fingerprint density at radius 2 is 1.88 bits per heavy atom. The zero-order valence-electron chi connectivity index (χ0n) is 19.2. The van der Waals surface area contributed by atoms with Crippen molar-refractivity contribution in [1.82, 2.24) is 13.9 Å². The molecule has 3 aromatic rings. The predicted octanol–water partition coefficient (Wildman–Crippen LogP) is 4.22. The van der Waals surface area contributed by atoms with Crippen LogP contribution in [0.1, 0.15) is 38.7 Å². The van der Waals surface area contributed by atoms with Crippen LogP contribution >= 0.6 is 11.8 Å². The van der Waals surface area contributed by atoms with E-state index in [0.717, 1.165) is 24.8 Å². The lowest BCUT2D eigenvalue weighted by Crippen LogP contribution is -2.35. The highest BCUT2D eigenvalue weighted by atomic mass is 32.2. The number of sulfonamides is 1. The summed E-state index contributed by atoms with van der Waals surface area (Å²) in [6.07, 6.45) is 2.83. The van der Waals surface area contributed by atoms with Crippen molar-refractivity contribution in [2.24, 2.45) is 0 Å². The van der Waals surface area contributed by atoms with Crippen LogP contribution < -0.4 is 5.32 Å². The van der Waals surface area contributed by atoms with Gasteiger partial charge in [0.2, 0.25) is 15.9 Å². The molecule has 1 fully saturated rings. The van der Waals surface area contributed by atoms with Crippen LogP contribution in [0.3, 0.4) is 0 Å². The SMILES string of the molecule is CCn1c(S[C@H](C)C(=O)Nc2ccc(C#N)cc2)nc2cc(S(=O)(=O)N3CCCCC3)ccc21. The maximum absolute atomic E-state index is 13.1. The Morgan fingerprint density at radius 1 is 1.18 bits per heavy atom. The Morgan fingerprint density at radius 3 is 2.53 bits per heavy atom. The third-order valence-electron chi connectivity index (χ3n) is 5.89. The van der Waals surface area contributed by atoms with Gasteiger partial charge >= 0.3 is 0 Å². The molecular weight excluding hydrogens is 470 g/mol. The van der Waals surface area contributed by atoms with Crippen molar-refractivity contribution in [3.05, 3.63) is 48.0 Å². The van der Waals surface area contributed by atoms with Crippen LogP contribution in [0.25, 0.3) is 11.0 Å². The molecule has 1 aromatic heterocycles. The highest BCUT2D eigenvalue weighted by Crippen LogP contribution is 2.30. The maximum Gasteiger partial charge on any atom is 0.243 e. The third kappa shape index (κ3) is 4.97. The quantitative estimate of drug-likeness (QED) is 0.490. The van der Waals surface area contributed by atoms with Crippen molar-refractivity contribution in [1.29, 1.82) is 5.26 Å². The molecule has 34 heavy (non-hydrogen) atoms. The Balaban J connectivity index is 1.54. The first-order valence-corrected chi connectivity index (χ1v) is 13.6. The van der Waals surface area contributed by atoms with Gasteiger partial charge in [-0.05, 0) is 69.2 Å². The molecule has 4 rings (SSSR count). The number of nitrogens with zero attached hydrogens (tertiary/aromatic N) is 4. The number of hydrogen-bond donors (Lipinski definition) is 1. The van der Waals surface area contributed by atoms with E-state index in [1.54, 1.807) is 53.7 Å². The summed E-state index contributed by atoms with van der Waals surface area (Å²) >= 11 is 1.32. The number of carbonyl (C=O) groups excluding carboxylic acids is 1. The molecule has 1 atom stereocenters. The monoisotopic (exact) mass is 497 g/mol. The number of hydrogen-bond acceptors (Lipinski definition) is 6. The van der Waals surface area contributed by atoms with Gasteiger partial charge in [0.05, 0.1) is 32.8 Å². The summed E-state index contributed by atoms with van der Waals surface area (Å²) in [5, 5.41) is 12.0. The third-order valence-corrected chi connectivity index (χ3v) is 8.87. The summed E-state index contributed by atoms with van der Waals surface area (Å²) in [5.41, 5.74) is 2.58. The van der Waals surface area contributed by atoms with Crippen LogP contribution in [-0.2, 0) is 21.4 Å². The summed E-state index contributed by atoms with van der Waals surface area (Å²) in [5.74, 6) is -0.183. The van der Waals surface area contributed by atoms with E-state index in [2.05, 4.69) is 16.4 Å². The topological polar surface area (TPSA) is 108 Å². The summed E-state index contributed by atoms with van der Waals surface area (Å²) in [6.45, 7) is 5.54. The lowest BCUT2D eigenvalue weighted by atomic mass is 10.2. The van der Waals surface area contributed by atoms with Gasteiger partial charge in [-0.2, -0.15) is 9.57 Å². The van der Waals surface area contributed by atoms with Crippen LogP contribution in [0.15, 0.2) is 52.5 Å².